The number of nitrogens with one attached hydrogen (secondary N) is 1. The topological polar surface area (TPSA) is 119 Å². The number of hydrogen-bond donors (Lipinski definition) is 3. The lowest BCUT2D eigenvalue weighted by molar-refractivity contribution is -0.129. The maximum atomic E-state index is 12.4. The molecule has 1 aliphatic rings. The first-order valence-corrected chi connectivity index (χ1v) is 8.64. The van der Waals surface area contributed by atoms with Crippen LogP contribution in [0.3, 0.4) is 0 Å². The molecule has 0 aliphatic carbocycles. The van der Waals surface area contributed by atoms with Gasteiger partial charge in [-0.2, -0.15) is 0 Å². The quantitative estimate of drug-likeness (QED) is 0.560. The summed E-state index contributed by atoms with van der Waals surface area (Å²) in [5.41, 5.74) is 12.1. The van der Waals surface area contributed by atoms with E-state index in [4.69, 9.17) is 11.2 Å². The van der Waals surface area contributed by atoms with E-state index in [-0.39, 0.29) is 6.54 Å². The second-order valence-electron chi connectivity index (χ2n) is 5.05. The Balaban J connectivity index is 2.02. The predicted octanol–water partition coefficient (Wildman–Crippen LogP) is 0.832. The Labute approximate surface area is 128 Å². The summed E-state index contributed by atoms with van der Waals surface area (Å²) < 4.78 is 13.4. The molecule has 7 nitrogen and oxygen atoms in total. The van der Waals surface area contributed by atoms with Crippen LogP contribution in [0.5, 0.6) is 0 Å². The summed E-state index contributed by atoms with van der Waals surface area (Å²) >= 11 is 0. The molecule has 22 heavy (non-hydrogen) atoms. The molecule has 1 aromatic carbocycles. The van der Waals surface area contributed by atoms with Crippen molar-refractivity contribution in [3.63, 3.8) is 0 Å². The third kappa shape index (κ3) is 4.04. The summed E-state index contributed by atoms with van der Waals surface area (Å²) in [4.78, 5) is 23.8. The summed E-state index contributed by atoms with van der Waals surface area (Å²) in [5.74, 6) is -1.12. The van der Waals surface area contributed by atoms with Gasteiger partial charge in [0.15, 0.2) is 0 Å². The molecule has 0 radical (unpaired) electrons. The zero-order chi connectivity index (χ0) is 16.2. The van der Waals surface area contributed by atoms with E-state index in [0.717, 1.165) is 10.2 Å². The van der Waals surface area contributed by atoms with Gasteiger partial charge >= 0.3 is 7.59 Å². The van der Waals surface area contributed by atoms with Crippen molar-refractivity contribution in [3.05, 3.63) is 42.0 Å². The third-order valence-corrected chi connectivity index (χ3v) is 4.97. The SMILES string of the molecule is N[C@H]1CCCN(P(N)(=O)NC(=O)/C=C/c2ccccc2)C1=O. The van der Waals surface area contributed by atoms with Gasteiger partial charge < -0.3 is 5.73 Å². The van der Waals surface area contributed by atoms with Crippen molar-refractivity contribution < 1.29 is 14.2 Å². The first-order chi connectivity index (χ1) is 10.4. The van der Waals surface area contributed by atoms with Crippen molar-refractivity contribution in [3.8, 4) is 0 Å². The fourth-order valence-electron chi connectivity index (χ4n) is 2.17. The minimum Gasteiger partial charge on any atom is -0.320 e. The Kier molecular flexibility index (Phi) is 5.13. The van der Waals surface area contributed by atoms with Crippen LogP contribution in [-0.4, -0.2) is 29.1 Å². The fourth-order valence-corrected chi connectivity index (χ4v) is 3.56. The highest BCUT2D eigenvalue weighted by Gasteiger charge is 2.37. The monoisotopic (exact) mass is 322 g/mol. The molecule has 1 aromatic rings. The number of carbonyl (C=O) groups excluding carboxylic acids is 2. The van der Waals surface area contributed by atoms with Gasteiger partial charge in [-0.05, 0) is 24.5 Å². The molecule has 0 saturated carbocycles. The molecule has 8 heteroatoms. The van der Waals surface area contributed by atoms with Crippen molar-refractivity contribution in [1.29, 1.82) is 0 Å². The van der Waals surface area contributed by atoms with E-state index < -0.39 is 25.5 Å². The molecule has 2 rings (SSSR count). The Hall–Kier alpha value is -1.95. The van der Waals surface area contributed by atoms with E-state index >= 15 is 0 Å². The molecule has 1 saturated heterocycles. The predicted molar refractivity (Wildman–Crippen MR) is 84.3 cm³/mol. The highest BCUT2D eigenvalue weighted by molar-refractivity contribution is 7.58. The van der Waals surface area contributed by atoms with Gasteiger partial charge in [0.1, 0.15) is 0 Å². The van der Waals surface area contributed by atoms with E-state index in [1.807, 2.05) is 30.3 Å². The normalized spacial score (nSPS) is 21.6. The Morgan fingerprint density at radius 1 is 1.36 bits per heavy atom. The third-order valence-electron chi connectivity index (χ3n) is 3.31. The van der Waals surface area contributed by atoms with Gasteiger partial charge in [0.2, 0.25) is 5.91 Å². The summed E-state index contributed by atoms with van der Waals surface area (Å²) in [7, 11) is -3.79. The number of hydrogen-bond acceptors (Lipinski definition) is 4. The molecule has 0 spiro atoms. The van der Waals surface area contributed by atoms with E-state index in [1.165, 1.54) is 6.08 Å². The number of benzene rings is 1. The molecule has 1 heterocycles. The molecule has 2 atom stereocenters. The molecule has 2 amide bonds. The minimum atomic E-state index is -3.79. The van der Waals surface area contributed by atoms with Gasteiger partial charge in [-0.3, -0.25) is 23.9 Å². The number of nitrogens with zero attached hydrogens (tertiary/aromatic N) is 1. The molecule has 1 fully saturated rings. The smallest absolute Gasteiger partial charge is 0.320 e. The number of amides is 2. The number of rotatable bonds is 4. The van der Waals surface area contributed by atoms with Gasteiger partial charge in [0.05, 0.1) is 6.04 Å². The van der Waals surface area contributed by atoms with E-state index in [2.05, 4.69) is 5.09 Å². The zero-order valence-electron chi connectivity index (χ0n) is 12.0. The van der Waals surface area contributed by atoms with Gasteiger partial charge in [-0.25, -0.2) is 5.50 Å². The highest BCUT2D eigenvalue weighted by Crippen LogP contribution is 2.39. The number of carbonyl (C=O) groups is 2. The van der Waals surface area contributed by atoms with Crippen LogP contribution in [-0.2, 0) is 14.2 Å². The van der Waals surface area contributed by atoms with Crippen LogP contribution in [0, 0.1) is 0 Å². The maximum Gasteiger partial charge on any atom is 0.332 e. The summed E-state index contributed by atoms with van der Waals surface area (Å²) in [5, 5.41) is 2.20. The minimum absolute atomic E-state index is 0.225. The van der Waals surface area contributed by atoms with Crippen LogP contribution in [0.25, 0.3) is 6.08 Å². The molecule has 5 N–H and O–H groups in total. The average Bonchev–Trinajstić information content (AvgIpc) is 2.48. The summed E-state index contributed by atoms with van der Waals surface area (Å²) in [6.45, 7) is 0.225. The standard InChI is InChI=1S/C14H19N4O3P/c15-12-7-4-10-18(14(12)20)22(16,21)17-13(19)9-8-11-5-2-1-3-6-11/h1-3,5-6,8-9,12H,4,7,10,15H2,(H3,16,17,19,21)/b9-8+/t12-,22?/m0/s1. The molecule has 1 unspecified atom stereocenters. The molecule has 1 aliphatic heterocycles. The van der Waals surface area contributed by atoms with Crippen LogP contribution >= 0.6 is 7.59 Å². The van der Waals surface area contributed by atoms with E-state index in [9.17, 15) is 14.2 Å². The Morgan fingerprint density at radius 2 is 2.05 bits per heavy atom. The van der Waals surface area contributed by atoms with Crippen LogP contribution in [0.2, 0.25) is 0 Å². The van der Waals surface area contributed by atoms with Crippen molar-refractivity contribution in [2.24, 2.45) is 11.2 Å². The number of nitrogens with two attached hydrogens (primary N) is 2. The van der Waals surface area contributed by atoms with Crippen molar-refractivity contribution in [1.82, 2.24) is 9.76 Å². The summed E-state index contributed by atoms with van der Waals surface area (Å²) in [6.07, 6.45) is 3.92. The van der Waals surface area contributed by atoms with Gasteiger partial charge in [0, 0.05) is 12.6 Å². The van der Waals surface area contributed by atoms with Gasteiger partial charge in [-0.15, -0.1) is 0 Å². The van der Waals surface area contributed by atoms with E-state index in [0.29, 0.717) is 12.8 Å². The molecular formula is C14H19N4O3P. The van der Waals surface area contributed by atoms with Crippen molar-refractivity contribution in [2.75, 3.05) is 6.54 Å². The Morgan fingerprint density at radius 3 is 2.73 bits per heavy atom. The highest BCUT2D eigenvalue weighted by atomic mass is 31.2. The largest absolute Gasteiger partial charge is 0.332 e. The van der Waals surface area contributed by atoms with Crippen LogP contribution < -0.4 is 16.3 Å². The first-order valence-electron chi connectivity index (χ1n) is 6.91. The molecule has 0 aromatic heterocycles. The van der Waals surface area contributed by atoms with Crippen molar-refractivity contribution in [2.45, 2.75) is 18.9 Å². The first kappa shape index (κ1) is 16.4. The second-order valence-corrected chi connectivity index (χ2v) is 7.01. The lowest BCUT2D eigenvalue weighted by Gasteiger charge is -2.34. The van der Waals surface area contributed by atoms with Crippen LogP contribution in [0.1, 0.15) is 18.4 Å². The van der Waals surface area contributed by atoms with Crippen LogP contribution in [0.4, 0.5) is 0 Å². The van der Waals surface area contributed by atoms with E-state index in [1.54, 1.807) is 6.08 Å². The molecule has 0 bridgehead atoms. The van der Waals surface area contributed by atoms with Gasteiger partial charge in [0.25, 0.3) is 5.91 Å². The maximum absolute atomic E-state index is 12.4. The lowest BCUT2D eigenvalue weighted by Crippen LogP contribution is -2.50. The average molecular weight is 322 g/mol. The molecule has 118 valence electrons. The Bertz CT molecular complexity index is 632. The number of piperidine rings is 1. The zero-order valence-corrected chi connectivity index (χ0v) is 12.9. The van der Waals surface area contributed by atoms with Crippen LogP contribution in [0.15, 0.2) is 36.4 Å². The van der Waals surface area contributed by atoms with Gasteiger partial charge in [-0.1, -0.05) is 30.3 Å². The second kappa shape index (κ2) is 6.87. The fraction of sp³-hybridized carbons (Fsp3) is 0.286. The molecular weight excluding hydrogens is 303 g/mol. The van der Waals surface area contributed by atoms with Crippen molar-refractivity contribution >= 4 is 25.5 Å². The lowest BCUT2D eigenvalue weighted by atomic mass is 10.1. The summed E-state index contributed by atoms with van der Waals surface area (Å²) in [6, 6.07) is 8.44.